The van der Waals surface area contributed by atoms with Crippen LogP contribution in [0.1, 0.15) is 5.56 Å². The Bertz CT molecular complexity index is 316. The number of hydrogen-bond donors (Lipinski definition) is 0. The lowest BCUT2D eigenvalue weighted by atomic mass is 10.2. The van der Waals surface area contributed by atoms with E-state index in [-0.39, 0.29) is 0 Å². The first kappa shape index (κ1) is 9.02. The van der Waals surface area contributed by atoms with Gasteiger partial charge in [0.05, 0.1) is 0 Å². The molecule has 2 heteroatoms. The van der Waals surface area contributed by atoms with Crippen molar-refractivity contribution in [2.75, 3.05) is 0 Å². The zero-order valence-corrected chi connectivity index (χ0v) is 7.97. The van der Waals surface area contributed by atoms with Crippen molar-refractivity contribution in [2.45, 2.75) is 6.42 Å². The number of halogens is 1. The SMILES string of the molecule is O=CC#CCc1ccc(Br)cc1. The topological polar surface area (TPSA) is 17.1 Å². The minimum atomic E-state index is 0.610. The van der Waals surface area contributed by atoms with Gasteiger partial charge in [-0.25, -0.2) is 0 Å². The van der Waals surface area contributed by atoms with Gasteiger partial charge in [0.25, 0.3) is 0 Å². The predicted molar refractivity (Wildman–Crippen MR) is 51.7 cm³/mol. The molecular formula is C10H7BrO. The van der Waals surface area contributed by atoms with Crippen LogP contribution >= 0.6 is 15.9 Å². The van der Waals surface area contributed by atoms with Crippen molar-refractivity contribution in [1.29, 1.82) is 0 Å². The first-order valence-corrected chi connectivity index (χ1v) is 4.28. The molecule has 0 aliphatic carbocycles. The Morgan fingerprint density at radius 3 is 2.58 bits per heavy atom. The third kappa shape index (κ3) is 2.89. The summed E-state index contributed by atoms with van der Waals surface area (Å²) < 4.78 is 1.05. The Morgan fingerprint density at radius 1 is 1.33 bits per heavy atom. The average molecular weight is 223 g/mol. The first-order valence-electron chi connectivity index (χ1n) is 3.49. The Kier molecular flexibility index (Phi) is 3.56. The van der Waals surface area contributed by atoms with Crippen LogP contribution in [0, 0.1) is 11.8 Å². The van der Waals surface area contributed by atoms with E-state index in [1.54, 1.807) is 0 Å². The molecule has 0 aromatic heterocycles. The van der Waals surface area contributed by atoms with E-state index in [1.165, 1.54) is 0 Å². The summed E-state index contributed by atoms with van der Waals surface area (Å²) in [6.45, 7) is 0. The summed E-state index contributed by atoms with van der Waals surface area (Å²) >= 11 is 3.34. The van der Waals surface area contributed by atoms with Crippen molar-refractivity contribution < 1.29 is 4.79 Å². The molecule has 0 bridgehead atoms. The van der Waals surface area contributed by atoms with Crippen molar-refractivity contribution in [3.63, 3.8) is 0 Å². The maximum atomic E-state index is 9.87. The Balaban J connectivity index is 2.64. The fraction of sp³-hybridized carbons (Fsp3) is 0.100. The third-order valence-corrected chi connectivity index (χ3v) is 1.90. The highest BCUT2D eigenvalue weighted by Crippen LogP contribution is 2.10. The summed E-state index contributed by atoms with van der Waals surface area (Å²) in [4.78, 5) is 9.87. The average Bonchev–Trinajstić information content (AvgIpc) is 2.09. The largest absolute Gasteiger partial charge is 0.289 e. The number of aldehydes is 1. The Labute approximate surface area is 79.9 Å². The first-order chi connectivity index (χ1) is 5.83. The van der Waals surface area contributed by atoms with E-state index in [4.69, 9.17) is 0 Å². The van der Waals surface area contributed by atoms with Crippen molar-refractivity contribution >= 4 is 22.2 Å². The lowest BCUT2D eigenvalue weighted by Gasteiger charge is -1.93. The lowest BCUT2D eigenvalue weighted by Crippen LogP contribution is -1.79. The number of benzene rings is 1. The molecule has 0 heterocycles. The van der Waals surface area contributed by atoms with Crippen LogP contribution in [0.5, 0.6) is 0 Å². The molecule has 0 aliphatic rings. The van der Waals surface area contributed by atoms with Crippen LogP contribution in [-0.4, -0.2) is 6.29 Å². The van der Waals surface area contributed by atoms with Crippen molar-refractivity contribution in [3.05, 3.63) is 34.3 Å². The standard InChI is InChI=1S/C10H7BrO/c11-10-6-4-9(5-7-10)3-1-2-8-12/h4-8H,3H2. The van der Waals surface area contributed by atoms with Crippen molar-refractivity contribution in [1.82, 2.24) is 0 Å². The highest BCUT2D eigenvalue weighted by atomic mass is 79.9. The number of hydrogen-bond acceptors (Lipinski definition) is 1. The fourth-order valence-corrected chi connectivity index (χ4v) is 1.06. The van der Waals surface area contributed by atoms with Gasteiger partial charge in [0.1, 0.15) is 0 Å². The van der Waals surface area contributed by atoms with Crippen LogP contribution in [-0.2, 0) is 11.2 Å². The molecule has 0 N–H and O–H groups in total. The minimum absolute atomic E-state index is 0.610. The van der Waals surface area contributed by atoms with Gasteiger partial charge in [-0.1, -0.05) is 34.0 Å². The second kappa shape index (κ2) is 4.74. The van der Waals surface area contributed by atoms with E-state index >= 15 is 0 Å². The fourth-order valence-electron chi connectivity index (χ4n) is 0.797. The van der Waals surface area contributed by atoms with Crippen molar-refractivity contribution in [2.24, 2.45) is 0 Å². The smallest absolute Gasteiger partial charge is 0.192 e. The maximum absolute atomic E-state index is 9.87. The summed E-state index contributed by atoms with van der Waals surface area (Å²) in [6.07, 6.45) is 1.24. The van der Waals surface area contributed by atoms with Crippen LogP contribution < -0.4 is 0 Å². The van der Waals surface area contributed by atoms with Gasteiger partial charge in [-0.2, -0.15) is 0 Å². The molecule has 0 atom stereocenters. The van der Waals surface area contributed by atoms with E-state index in [9.17, 15) is 4.79 Å². The summed E-state index contributed by atoms with van der Waals surface area (Å²) in [5.41, 5.74) is 1.12. The molecule has 60 valence electrons. The lowest BCUT2D eigenvalue weighted by molar-refractivity contribution is -0.103. The van der Waals surface area contributed by atoms with Gasteiger partial charge in [0, 0.05) is 10.9 Å². The van der Waals surface area contributed by atoms with E-state index < -0.39 is 0 Å². The number of carbonyl (C=O) groups excluding carboxylic acids is 1. The summed E-state index contributed by atoms with van der Waals surface area (Å²) in [6, 6.07) is 7.86. The molecule has 0 saturated heterocycles. The molecule has 0 fully saturated rings. The van der Waals surface area contributed by atoms with Crippen LogP contribution in [0.3, 0.4) is 0 Å². The summed E-state index contributed by atoms with van der Waals surface area (Å²) in [7, 11) is 0. The molecular weight excluding hydrogens is 216 g/mol. The third-order valence-electron chi connectivity index (χ3n) is 1.37. The van der Waals surface area contributed by atoms with Crippen LogP contribution in [0.15, 0.2) is 28.7 Å². The minimum Gasteiger partial charge on any atom is -0.289 e. The van der Waals surface area contributed by atoms with Gasteiger partial charge >= 0.3 is 0 Å². The van der Waals surface area contributed by atoms with Gasteiger partial charge in [-0.3, -0.25) is 4.79 Å². The molecule has 0 spiro atoms. The van der Waals surface area contributed by atoms with Gasteiger partial charge in [0.15, 0.2) is 6.29 Å². The quantitative estimate of drug-likeness (QED) is 0.526. The molecule has 0 aliphatic heterocycles. The number of carbonyl (C=O) groups is 1. The zero-order valence-electron chi connectivity index (χ0n) is 6.38. The van der Waals surface area contributed by atoms with Gasteiger partial charge in [-0.05, 0) is 23.6 Å². The van der Waals surface area contributed by atoms with Gasteiger partial charge in [-0.15, -0.1) is 0 Å². The summed E-state index contributed by atoms with van der Waals surface area (Å²) in [5, 5.41) is 0. The molecule has 0 saturated carbocycles. The molecule has 0 amide bonds. The molecule has 1 aromatic rings. The maximum Gasteiger partial charge on any atom is 0.192 e. The Hall–Kier alpha value is -1.07. The monoisotopic (exact) mass is 222 g/mol. The van der Waals surface area contributed by atoms with E-state index in [0.29, 0.717) is 12.7 Å². The molecule has 1 rings (SSSR count). The van der Waals surface area contributed by atoms with E-state index in [1.807, 2.05) is 24.3 Å². The molecule has 0 radical (unpaired) electrons. The highest BCUT2D eigenvalue weighted by Gasteiger charge is 1.88. The van der Waals surface area contributed by atoms with Crippen LogP contribution in [0.2, 0.25) is 0 Å². The normalized spacial score (nSPS) is 8.42. The zero-order chi connectivity index (χ0) is 8.81. The highest BCUT2D eigenvalue weighted by molar-refractivity contribution is 9.10. The second-order valence-electron chi connectivity index (χ2n) is 2.24. The molecule has 1 aromatic carbocycles. The Morgan fingerprint density at radius 2 is 2.00 bits per heavy atom. The summed E-state index contributed by atoms with van der Waals surface area (Å²) in [5.74, 6) is 5.11. The second-order valence-corrected chi connectivity index (χ2v) is 3.16. The van der Waals surface area contributed by atoms with Crippen LogP contribution in [0.25, 0.3) is 0 Å². The predicted octanol–water partition coefficient (Wildman–Crippen LogP) is 2.19. The number of rotatable bonds is 1. The van der Waals surface area contributed by atoms with E-state index in [2.05, 4.69) is 27.8 Å². The molecule has 0 unspecified atom stereocenters. The van der Waals surface area contributed by atoms with Crippen molar-refractivity contribution in [3.8, 4) is 11.8 Å². The van der Waals surface area contributed by atoms with Gasteiger partial charge in [0.2, 0.25) is 0 Å². The molecule has 1 nitrogen and oxygen atoms in total. The molecule has 12 heavy (non-hydrogen) atoms. The van der Waals surface area contributed by atoms with Gasteiger partial charge < -0.3 is 0 Å². The van der Waals surface area contributed by atoms with Crippen LogP contribution in [0.4, 0.5) is 0 Å². The van der Waals surface area contributed by atoms with E-state index in [0.717, 1.165) is 10.0 Å².